The Balaban J connectivity index is 2.19. The van der Waals surface area contributed by atoms with Crippen LogP contribution >= 0.6 is 11.6 Å². The maximum atomic E-state index is 12.0. The van der Waals surface area contributed by atoms with E-state index < -0.39 is 10.8 Å². The van der Waals surface area contributed by atoms with Crippen LogP contribution in [0, 0.1) is 10.1 Å². The van der Waals surface area contributed by atoms with Gasteiger partial charge in [0, 0.05) is 12.1 Å². The van der Waals surface area contributed by atoms with Gasteiger partial charge in [0.05, 0.1) is 10.6 Å². The zero-order chi connectivity index (χ0) is 16.3. The third-order valence-electron chi connectivity index (χ3n) is 2.92. The summed E-state index contributed by atoms with van der Waals surface area (Å²) in [6.07, 6.45) is 1.02. The lowest BCUT2D eigenvalue weighted by atomic mass is 10.1. The van der Waals surface area contributed by atoms with E-state index >= 15 is 0 Å². The molecule has 0 saturated carbocycles. The Morgan fingerprint density at radius 2 is 2.05 bits per heavy atom. The van der Waals surface area contributed by atoms with Crippen molar-refractivity contribution in [3.05, 3.63) is 56.9 Å². The monoisotopic (exact) mass is 321 g/mol. The molecule has 2 rings (SSSR count). The molecule has 0 radical (unpaired) electrons. The van der Waals surface area contributed by atoms with Crippen molar-refractivity contribution in [3.8, 4) is 0 Å². The Labute approximate surface area is 130 Å². The number of hydrogen-bond donors (Lipinski definition) is 1. The maximum absolute atomic E-state index is 12.0. The van der Waals surface area contributed by atoms with Gasteiger partial charge in [-0.05, 0) is 24.6 Å². The number of carbonyl (C=O) groups is 1. The molecule has 9 heteroatoms. The van der Waals surface area contributed by atoms with E-state index in [1.165, 1.54) is 7.05 Å². The van der Waals surface area contributed by atoms with Gasteiger partial charge in [-0.3, -0.25) is 19.6 Å². The van der Waals surface area contributed by atoms with Crippen LogP contribution < -0.4 is 5.43 Å². The molecule has 0 saturated heterocycles. The molecule has 0 aliphatic rings. The average Bonchev–Trinajstić information content (AvgIpc) is 2.87. The molecule has 2 aromatic rings. The number of nitrogens with one attached hydrogen (secondary N) is 1. The zero-order valence-corrected chi connectivity index (χ0v) is 12.5. The smallest absolute Gasteiger partial charge is 0.265 e. The van der Waals surface area contributed by atoms with Crippen LogP contribution in [-0.4, -0.2) is 26.3 Å². The first-order valence-electron chi connectivity index (χ1n) is 6.17. The molecule has 1 N–H and O–H groups in total. The fraction of sp³-hybridized carbons (Fsp3) is 0.154. The SMILES string of the molecule is C/C(=N\NC(=O)c1c([N+](=O)[O-])cnn1C)c1ccc(Cl)cc1. The Hall–Kier alpha value is -2.74. The number of nitrogens with zero attached hydrogens (tertiary/aromatic N) is 4. The largest absolute Gasteiger partial charge is 0.320 e. The van der Waals surface area contributed by atoms with Crippen LogP contribution in [0.5, 0.6) is 0 Å². The minimum absolute atomic E-state index is 0.169. The molecule has 22 heavy (non-hydrogen) atoms. The second-order valence-electron chi connectivity index (χ2n) is 4.40. The highest BCUT2D eigenvalue weighted by atomic mass is 35.5. The van der Waals surface area contributed by atoms with Crippen LogP contribution in [0.1, 0.15) is 23.0 Å². The number of aryl methyl sites for hydroxylation is 1. The van der Waals surface area contributed by atoms with Crippen molar-refractivity contribution >= 4 is 28.9 Å². The van der Waals surface area contributed by atoms with Crippen LogP contribution in [0.4, 0.5) is 5.69 Å². The van der Waals surface area contributed by atoms with Crippen molar-refractivity contribution in [2.45, 2.75) is 6.92 Å². The quantitative estimate of drug-likeness (QED) is 0.529. The van der Waals surface area contributed by atoms with Gasteiger partial charge >= 0.3 is 5.69 Å². The number of carbonyl (C=O) groups excluding carboxylic acids is 1. The number of benzene rings is 1. The molecule has 0 atom stereocenters. The van der Waals surface area contributed by atoms with Gasteiger partial charge in [0.25, 0.3) is 5.91 Å². The van der Waals surface area contributed by atoms with E-state index in [1.807, 2.05) is 0 Å². The van der Waals surface area contributed by atoms with Crippen molar-refractivity contribution in [1.82, 2.24) is 15.2 Å². The summed E-state index contributed by atoms with van der Waals surface area (Å²) in [5.74, 6) is -0.708. The van der Waals surface area contributed by atoms with Crippen molar-refractivity contribution in [2.75, 3.05) is 0 Å². The number of amides is 1. The van der Waals surface area contributed by atoms with Crippen molar-refractivity contribution in [1.29, 1.82) is 0 Å². The van der Waals surface area contributed by atoms with Crippen LogP contribution in [0.25, 0.3) is 0 Å². The Kier molecular flexibility index (Phi) is 4.52. The molecule has 0 unspecified atom stereocenters. The van der Waals surface area contributed by atoms with E-state index in [0.29, 0.717) is 10.7 Å². The second kappa shape index (κ2) is 6.35. The standard InChI is InChI=1S/C13H12ClN5O3/c1-8(9-3-5-10(14)6-4-9)16-17-13(20)12-11(19(21)22)7-15-18(12)2/h3-7H,1-2H3,(H,17,20)/b16-8+. The van der Waals surface area contributed by atoms with Crippen LogP contribution in [0.15, 0.2) is 35.6 Å². The minimum atomic E-state index is -0.708. The number of nitro groups is 1. The summed E-state index contributed by atoms with van der Waals surface area (Å²) in [5, 5.41) is 19.1. The minimum Gasteiger partial charge on any atom is -0.265 e. The summed E-state index contributed by atoms with van der Waals surface area (Å²) in [4.78, 5) is 22.2. The summed E-state index contributed by atoms with van der Waals surface area (Å²) in [6, 6.07) is 6.90. The van der Waals surface area contributed by atoms with Gasteiger partial charge in [-0.25, -0.2) is 5.43 Å². The number of hydrazone groups is 1. The highest BCUT2D eigenvalue weighted by molar-refractivity contribution is 6.30. The number of halogens is 1. The molecule has 0 aliphatic heterocycles. The highest BCUT2D eigenvalue weighted by Gasteiger charge is 2.25. The first-order chi connectivity index (χ1) is 10.4. The molecule has 8 nitrogen and oxygen atoms in total. The van der Waals surface area contributed by atoms with Gasteiger partial charge in [0.1, 0.15) is 6.20 Å². The van der Waals surface area contributed by atoms with Crippen molar-refractivity contribution in [2.24, 2.45) is 12.1 Å². The topological polar surface area (TPSA) is 102 Å². The molecule has 114 valence electrons. The number of hydrogen-bond acceptors (Lipinski definition) is 5. The lowest BCUT2D eigenvalue weighted by molar-refractivity contribution is -0.385. The number of rotatable bonds is 4. The van der Waals surface area contributed by atoms with E-state index in [0.717, 1.165) is 16.4 Å². The van der Waals surface area contributed by atoms with Gasteiger partial charge in [-0.1, -0.05) is 23.7 Å². The van der Waals surface area contributed by atoms with Gasteiger partial charge in [-0.2, -0.15) is 10.2 Å². The Morgan fingerprint density at radius 3 is 2.64 bits per heavy atom. The molecule has 1 aromatic heterocycles. The lowest BCUT2D eigenvalue weighted by Crippen LogP contribution is -2.23. The van der Waals surface area contributed by atoms with Gasteiger partial charge in [-0.15, -0.1) is 0 Å². The predicted molar refractivity (Wildman–Crippen MR) is 81.0 cm³/mol. The fourth-order valence-corrected chi connectivity index (χ4v) is 1.89. The fourth-order valence-electron chi connectivity index (χ4n) is 1.77. The van der Waals surface area contributed by atoms with Crippen LogP contribution in [0.2, 0.25) is 5.02 Å². The molecule has 0 spiro atoms. The summed E-state index contributed by atoms with van der Waals surface area (Å²) in [6.45, 7) is 1.70. The van der Waals surface area contributed by atoms with Crippen molar-refractivity contribution < 1.29 is 9.72 Å². The summed E-state index contributed by atoms with van der Waals surface area (Å²) >= 11 is 5.79. The molecule has 1 heterocycles. The Morgan fingerprint density at radius 1 is 1.41 bits per heavy atom. The van der Waals surface area contributed by atoms with E-state index in [1.54, 1.807) is 31.2 Å². The first kappa shape index (κ1) is 15.6. The summed E-state index contributed by atoms with van der Waals surface area (Å²) in [7, 11) is 1.44. The molecular weight excluding hydrogens is 310 g/mol. The van der Waals surface area contributed by atoms with Gasteiger partial charge < -0.3 is 0 Å². The predicted octanol–water partition coefficient (Wildman–Crippen LogP) is 2.14. The van der Waals surface area contributed by atoms with E-state index in [9.17, 15) is 14.9 Å². The number of aromatic nitrogens is 2. The third kappa shape index (κ3) is 3.29. The average molecular weight is 322 g/mol. The van der Waals surface area contributed by atoms with Gasteiger partial charge in [0.2, 0.25) is 5.69 Å². The lowest BCUT2D eigenvalue weighted by Gasteiger charge is -2.03. The molecule has 0 bridgehead atoms. The molecule has 0 fully saturated rings. The van der Waals surface area contributed by atoms with E-state index in [-0.39, 0.29) is 11.4 Å². The Bertz CT molecular complexity index is 752. The molecular formula is C13H12ClN5O3. The maximum Gasteiger partial charge on any atom is 0.320 e. The molecule has 1 amide bonds. The van der Waals surface area contributed by atoms with Crippen molar-refractivity contribution in [3.63, 3.8) is 0 Å². The second-order valence-corrected chi connectivity index (χ2v) is 4.84. The van der Waals surface area contributed by atoms with E-state index in [2.05, 4.69) is 15.6 Å². The summed E-state index contributed by atoms with van der Waals surface area (Å²) < 4.78 is 1.13. The highest BCUT2D eigenvalue weighted by Crippen LogP contribution is 2.16. The van der Waals surface area contributed by atoms with Crippen LogP contribution in [-0.2, 0) is 7.05 Å². The first-order valence-corrected chi connectivity index (χ1v) is 6.55. The normalized spacial score (nSPS) is 11.3. The third-order valence-corrected chi connectivity index (χ3v) is 3.17. The van der Waals surface area contributed by atoms with Crippen LogP contribution in [0.3, 0.4) is 0 Å². The van der Waals surface area contributed by atoms with Gasteiger partial charge in [0.15, 0.2) is 0 Å². The summed E-state index contributed by atoms with van der Waals surface area (Å²) in [5.41, 5.74) is 3.05. The van der Waals surface area contributed by atoms with E-state index in [4.69, 9.17) is 11.6 Å². The molecule has 0 aliphatic carbocycles. The molecule has 1 aromatic carbocycles. The zero-order valence-electron chi connectivity index (χ0n) is 11.8.